The molecule has 2 aromatic heterocycles. The summed E-state index contributed by atoms with van der Waals surface area (Å²) in [6.45, 7) is 7.92. The van der Waals surface area contributed by atoms with Gasteiger partial charge in [0, 0.05) is 46.0 Å². The van der Waals surface area contributed by atoms with Crippen molar-refractivity contribution in [2.75, 3.05) is 31.1 Å². The number of anilines is 1. The zero-order chi connectivity index (χ0) is 20.0. The third kappa shape index (κ3) is 2.93. The average Bonchev–Trinajstić information content (AvgIpc) is 3.08. The van der Waals surface area contributed by atoms with E-state index in [0.717, 1.165) is 26.2 Å². The highest BCUT2D eigenvalue weighted by Crippen LogP contribution is 2.23. The molecule has 0 radical (unpaired) electrons. The van der Waals surface area contributed by atoms with Crippen LogP contribution in [0.1, 0.15) is 11.1 Å². The Balaban J connectivity index is 1.56. The average molecular weight is 382 g/mol. The third-order valence-corrected chi connectivity index (χ3v) is 5.83. The molecule has 1 aliphatic rings. The molecule has 4 rings (SSSR count). The number of fused-ring (bicyclic) bond motifs is 1. The molecule has 148 valence electrons. The highest BCUT2D eigenvalue weighted by molar-refractivity contribution is 5.69. The van der Waals surface area contributed by atoms with Gasteiger partial charge in [-0.3, -0.25) is 14.3 Å². The summed E-state index contributed by atoms with van der Waals surface area (Å²) in [5.74, 6) is 0. The van der Waals surface area contributed by atoms with Gasteiger partial charge in [-0.2, -0.15) is 0 Å². The largest absolute Gasteiger partial charge is 0.369 e. The van der Waals surface area contributed by atoms with E-state index in [0.29, 0.717) is 17.8 Å². The number of piperazine rings is 1. The molecule has 1 fully saturated rings. The molecule has 0 saturated carbocycles. The Bertz CT molecular complexity index is 1150. The lowest BCUT2D eigenvalue weighted by Crippen LogP contribution is -2.51. The molecule has 3 aromatic rings. The summed E-state index contributed by atoms with van der Waals surface area (Å²) in [6, 6.07) is 6.39. The second-order valence-corrected chi connectivity index (χ2v) is 7.57. The molecule has 1 aromatic carbocycles. The maximum Gasteiger partial charge on any atom is 0.333 e. The molecule has 0 unspecified atom stereocenters. The Morgan fingerprint density at radius 1 is 1.04 bits per heavy atom. The minimum atomic E-state index is -0.326. The van der Waals surface area contributed by atoms with Gasteiger partial charge in [-0.05, 0) is 31.0 Å². The lowest BCUT2D eigenvalue weighted by molar-refractivity contribution is 0.198. The van der Waals surface area contributed by atoms with Crippen molar-refractivity contribution in [1.82, 2.24) is 23.6 Å². The van der Waals surface area contributed by atoms with Gasteiger partial charge in [0.15, 0.2) is 11.2 Å². The highest BCUT2D eigenvalue weighted by Gasteiger charge is 2.21. The van der Waals surface area contributed by atoms with E-state index in [4.69, 9.17) is 0 Å². The van der Waals surface area contributed by atoms with Crippen molar-refractivity contribution in [2.24, 2.45) is 14.1 Å². The molecule has 3 heterocycles. The van der Waals surface area contributed by atoms with Gasteiger partial charge in [0.05, 0.1) is 13.0 Å². The third-order valence-electron chi connectivity index (χ3n) is 5.83. The highest BCUT2D eigenvalue weighted by atomic mass is 16.2. The van der Waals surface area contributed by atoms with E-state index in [1.807, 2.05) is 0 Å². The molecule has 0 amide bonds. The van der Waals surface area contributed by atoms with Gasteiger partial charge >= 0.3 is 5.69 Å². The Labute approximate surface area is 163 Å². The van der Waals surface area contributed by atoms with E-state index in [1.165, 1.54) is 25.9 Å². The summed E-state index contributed by atoms with van der Waals surface area (Å²) in [4.78, 5) is 34.3. The van der Waals surface area contributed by atoms with Crippen LogP contribution in [0.4, 0.5) is 5.69 Å². The van der Waals surface area contributed by atoms with Crippen LogP contribution >= 0.6 is 0 Å². The predicted molar refractivity (Wildman–Crippen MR) is 110 cm³/mol. The quantitative estimate of drug-likeness (QED) is 0.671. The summed E-state index contributed by atoms with van der Waals surface area (Å²) in [5.41, 5.74) is 4.14. The number of rotatable bonds is 3. The Kier molecular flexibility index (Phi) is 4.58. The monoisotopic (exact) mass is 382 g/mol. The Morgan fingerprint density at radius 3 is 2.46 bits per heavy atom. The number of imidazole rings is 1. The minimum Gasteiger partial charge on any atom is -0.369 e. The van der Waals surface area contributed by atoms with Gasteiger partial charge in [0.1, 0.15) is 0 Å². The Hall–Kier alpha value is -2.87. The van der Waals surface area contributed by atoms with Crippen LogP contribution in [-0.2, 0) is 20.8 Å². The van der Waals surface area contributed by atoms with Crippen LogP contribution in [0.25, 0.3) is 11.2 Å². The van der Waals surface area contributed by atoms with Crippen LogP contribution in [0.15, 0.2) is 34.1 Å². The van der Waals surface area contributed by atoms with Crippen LogP contribution in [0.5, 0.6) is 0 Å². The normalized spacial score (nSPS) is 15.5. The fraction of sp³-hybridized carbons (Fsp3) is 0.450. The first-order chi connectivity index (χ1) is 13.4. The fourth-order valence-electron chi connectivity index (χ4n) is 3.93. The second kappa shape index (κ2) is 6.94. The standard InChI is InChI=1S/C20H26N6O2/c1-14-6-5-7-16(15(14)2)25-10-8-24(9-11-25)13-26-19(27)17-18(21-12-22(17)3)23(4)20(26)28/h5-7,12H,8-11,13H2,1-4H3. The number of aromatic nitrogens is 4. The lowest BCUT2D eigenvalue weighted by atomic mass is 10.1. The van der Waals surface area contributed by atoms with Crippen molar-refractivity contribution in [3.63, 3.8) is 0 Å². The van der Waals surface area contributed by atoms with E-state index < -0.39 is 0 Å². The van der Waals surface area contributed by atoms with E-state index in [2.05, 4.69) is 46.8 Å². The fourth-order valence-corrected chi connectivity index (χ4v) is 3.93. The van der Waals surface area contributed by atoms with Crippen LogP contribution < -0.4 is 16.1 Å². The lowest BCUT2D eigenvalue weighted by Gasteiger charge is -2.37. The SMILES string of the molecule is Cc1cccc(N2CCN(Cn3c(=O)c4c(ncn4C)n(C)c3=O)CC2)c1C. The van der Waals surface area contributed by atoms with Crippen molar-refractivity contribution < 1.29 is 0 Å². The molecule has 0 aliphatic carbocycles. The summed E-state index contributed by atoms with van der Waals surface area (Å²) >= 11 is 0. The number of hydrogen-bond acceptors (Lipinski definition) is 5. The van der Waals surface area contributed by atoms with Gasteiger partial charge in [-0.1, -0.05) is 12.1 Å². The molecule has 0 N–H and O–H groups in total. The molecule has 0 atom stereocenters. The minimum absolute atomic E-state index is 0.282. The first-order valence-electron chi connectivity index (χ1n) is 9.53. The molecule has 1 aliphatic heterocycles. The van der Waals surface area contributed by atoms with Crippen LogP contribution in [0, 0.1) is 13.8 Å². The Morgan fingerprint density at radius 2 is 1.75 bits per heavy atom. The van der Waals surface area contributed by atoms with Gasteiger partial charge in [0.2, 0.25) is 0 Å². The van der Waals surface area contributed by atoms with E-state index in [-0.39, 0.29) is 11.2 Å². The van der Waals surface area contributed by atoms with Gasteiger partial charge < -0.3 is 9.47 Å². The predicted octanol–water partition coefficient (Wildman–Crippen LogP) is 0.830. The smallest absolute Gasteiger partial charge is 0.333 e. The summed E-state index contributed by atoms with van der Waals surface area (Å²) in [6.07, 6.45) is 1.57. The van der Waals surface area contributed by atoms with Gasteiger partial charge in [-0.15, -0.1) is 0 Å². The zero-order valence-corrected chi connectivity index (χ0v) is 16.8. The van der Waals surface area contributed by atoms with Crippen LogP contribution in [0.3, 0.4) is 0 Å². The second-order valence-electron chi connectivity index (χ2n) is 7.57. The molecular weight excluding hydrogens is 356 g/mol. The number of hydrogen-bond donors (Lipinski definition) is 0. The van der Waals surface area contributed by atoms with Crippen molar-refractivity contribution in [2.45, 2.75) is 20.5 Å². The van der Waals surface area contributed by atoms with Crippen molar-refractivity contribution in [3.8, 4) is 0 Å². The van der Waals surface area contributed by atoms with E-state index >= 15 is 0 Å². The van der Waals surface area contributed by atoms with Crippen molar-refractivity contribution in [3.05, 3.63) is 56.5 Å². The molecule has 28 heavy (non-hydrogen) atoms. The van der Waals surface area contributed by atoms with E-state index in [9.17, 15) is 9.59 Å². The number of aryl methyl sites for hydroxylation is 3. The number of nitrogens with zero attached hydrogens (tertiary/aromatic N) is 6. The molecular formula is C20H26N6O2. The first-order valence-corrected chi connectivity index (χ1v) is 9.53. The zero-order valence-electron chi connectivity index (χ0n) is 16.8. The van der Waals surface area contributed by atoms with Crippen molar-refractivity contribution in [1.29, 1.82) is 0 Å². The van der Waals surface area contributed by atoms with Gasteiger partial charge in [0.25, 0.3) is 5.56 Å². The number of benzene rings is 1. The summed E-state index contributed by atoms with van der Waals surface area (Å²) < 4.78 is 4.44. The van der Waals surface area contributed by atoms with Crippen molar-refractivity contribution >= 4 is 16.9 Å². The molecule has 8 heteroatoms. The maximum atomic E-state index is 12.9. The topological polar surface area (TPSA) is 68.3 Å². The summed E-state index contributed by atoms with van der Waals surface area (Å²) in [7, 11) is 3.43. The molecule has 0 spiro atoms. The molecule has 1 saturated heterocycles. The van der Waals surface area contributed by atoms with Crippen LogP contribution in [0.2, 0.25) is 0 Å². The first kappa shape index (κ1) is 18.5. The maximum absolute atomic E-state index is 12.9. The molecule has 8 nitrogen and oxygen atoms in total. The van der Waals surface area contributed by atoms with Crippen LogP contribution in [-0.4, -0.2) is 49.8 Å². The van der Waals surface area contributed by atoms with Gasteiger partial charge in [-0.25, -0.2) is 14.3 Å². The molecule has 0 bridgehead atoms. The van der Waals surface area contributed by atoms with E-state index in [1.54, 1.807) is 25.0 Å². The summed E-state index contributed by atoms with van der Waals surface area (Å²) in [5, 5.41) is 0.